The Morgan fingerprint density at radius 3 is 3.07 bits per heavy atom. The van der Waals surface area contributed by atoms with Crippen LogP contribution in [0.5, 0.6) is 0 Å². The summed E-state index contributed by atoms with van der Waals surface area (Å²) in [5, 5.41) is 11.6. The fourth-order valence-electron chi connectivity index (χ4n) is 1.06. The van der Waals surface area contributed by atoms with E-state index >= 15 is 0 Å². The molecule has 1 aromatic heterocycles. The minimum Gasteiger partial charge on any atom is -0.476 e. The average molecular weight is 230 g/mol. The highest BCUT2D eigenvalue weighted by Crippen LogP contribution is 2.10. The SMILES string of the molecule is CSCC(C)CNc1nc(C(=O)O)co1. The van der Waals surface area contributed by atoms with Crippen molar-refractivity contribution in [2.45, 2.75) is 6.92 Å². The maximum absolute atomic E-state index is 10.5. The topological polar surface area (TPSA) is 75.4 Å². The predicted octanol–water partition coefficient (Wildman–Crippen LogP) is 1.78. The number of hydrogen-bond acceptors (Lipinski definition) is 5. The molecule has 6 heteroatoms. The van der Waals surface area contributed by atoms with Crippen LogP contribution in [-0.4, -0.2) is 34.6 Å². The molecule has 5 nitrogen and oxygen atoms in total. The normalized spacial score (nSPS) is 12.4. The van der Waals surface area contributed by atoms with Crippen molar-refractivity contribution in [2.75, 3.05) is 23.9 Å². The summed E-state index contributed by atoms with van der Waals surface area (Å²) in [6, 6.07) is 0.264. The van der Waals surface area contributed by atoms with Gasteiger partial charge in [0, 0.05) is 6.54 Å². The summed E-state index contributed by atoms with van der Waals surface area (Å²) in [6.45, 7) is 2.82. The molecule has 0 bridgehead atoms. The zero-order chi connectivity index (χ0) is 11.3. The van der Waals surface area contributed by atoms with E-state index in [4.69, 9.17) is 9.52 Å². The van der Waals surface area contributed by atoms with E-state index in [0.717, 1.165) is 18.6 Å². The minimum atomic E-state index is -1.08. The lowest BCUT2D eigenvalue weighted by Crippen LogP contribution is -2.13. The zero-order valence-corrected chi connectivity index (χ0v) is 9.50. The number of carbonyl (C=O) groups is 1. The van der Waals surface area contributed by atoms with Gasteiger partial charge in [-0.3, -0.25) is 0 Å². The van der Waals surface area contributed by atoms with E-state index in [1.165, 1.54) is 0 Å². The first-order chi connectivity index (χ1) is 7.13. The van der Waals surface area contributed by atoms with Crippen LogP contribution >= 0.6 is 11.8 Å². The van der Waals surface area contributed by atoms with Gasteiger partial charge in [-0.05, 0) is 17.9 Å². The Labute approximate surface area is 92.3 Å². The Morgan fingerprint density at radius 2 is 2.53 bits per heavy atom. The van der Waals surface area contributed by atoms with Gasteiger partial charge in [0.2, 0.25) is 0 Å². The second kappa shape index (κ2) is 5.65. The van der Waals surface area contributed by atoms with Crippen LogP contribution in [0.4, 0.5) is 6.01 Å². The molecule has 0 aliphatic carbocycles. The van der Waals surface area contributed by atoms with Crippen molar-refractivity contribution < 1.29 is 14.3 Å². The Balaban J connectivity index is 2.40. The van der Waals surface area contributed by atoms with Gasteiger partial charge in [-0.2, -0.15) is 16.7 Å². The third-order valence-corrected chi connectivity index (χ3v) is 2.68. The molecule has 0 aromatic carbocycles. The van der Waals surface area contributed by atoms with Crippen molar-refractivity contribution in [1.29, 1.82) is 0 Å². The van der Waals surface area contributed by atoms with E-state index < -0.39 is 5.97 Å². The second-order valence-electron chi connectivity index (χ2n) is 3.28. The summed E-state index contributed by atoms with van der Waals surface area (Å²) in [6.07, 6.45) is 3.17. The Bertz CT molecular complexity index is 327. The summed E-state index contributed by atoms with van der Waals surface area (Å²) in [5.74, 6) is 0.448. The van der Waals surface area contributed by atoms with Gasteiger partial charge < -0.3 is 14.8 Å². The molecule has 1 heterocycles. The molecular formula is C9H14N2O3S. The highest BCUT2D eigenvalue weighted by atomic mass is 32.2. The Hall–Kier alpha value is -1.17. The van der Waals surface area contributed by atoms with Gasteiger partial charge in [-0.15, -0.1) is 0 Å². The Morgan fingerprint density at radius 1 is 1.80 bits per heavy atom. The number of anilines is 1. The number of thioether (sulfide) groups is 1. The largest absolute Gasteiger partial charge is 0.476 e. The average Bonchev–Trinajstić information content (AvgIpc) is 2.63. The van der Waals surface area contributed by atoms with Crippen molar-refractivity contribution >= 4 is 23.7 Å². The van der Waals surface area contributed by atoms with Crippen molar-refractivity contribution in [2.24, 2.45) is 5.92 Å². The number of carboxylic acid groups (broad SMARTS) is 1. The van der Waals surface area contributed by atoms with Gasteiger partial charge >= 0.3 is 5.97 Å². The van der Waals surface area contributed by atoms with Crippen LogP contribution in [0.25, 0.3) is 0 Å². The van der Waals surface area contributed by atoms with Gasteiger partial charge in [0.25, 0.3) is 6.01 Å². The van der Waals surface area contributed by atoms with E-state index in [-0.39, 0.29) is 11.7 Å². The van der Waals surface area contributed by atoms with E-state index in [2.05, 4.69) is 17.2 Å². The van der Waals surface area contributed by atoms with Crippen LogP contribution < -0.4 is 5.32 Å². The molecule has 1 rings (SSSR count). The second-order valence-corrected chi connectivity index (χ2v) is 4.20. The number of carboxylic acids is 1. The molecular weight excluding hydrogens is 216 g/mol. The summed E-state index contributed by atoms with van der Waals surface area (Å²) in [5.41, 5.74) is -0.0741. The first kappa shape index (κ1) is 11.9. The number of nitrogens with one attached hydrogen (secondary N) is 1. The van der Waals surface area contributed by atoms with Crippen LogP contribution in [-0.2, 0) is 0 Å². The molecule has 0 radical (unpaired) electrons. The third kappa shape index (κ3) is 3.83. The molecule has 0 aliphatic heterocycles. The number of aromatic nitrogens is 1. The fourth-order valence-corrected chi connectivity index (χ4v) is 1.75. The molecule has 1 unspecified atom stereocenters. The van der Waals surface area contributed by atoms with Gasteiger partial charge in [-0.25, -0.2) is 4.79 Å². The summed E-state index contributed by atoms with van der Waals surface area (Å²) in [7, 11) is 0. The monoisotopic (exact) mass is 230 g/mol. The highest BCUT2D eigenvalue weighted by Gasteiger charge is 2.10. The van der Waals surface area contributed by atoms with Crippen LogP contribution in [0.3, 0.4) is 0 Å². The summed E-state index contributed by atoms with van der Waals surface area (Å²) >= 11 is 1.77. The lowest BCUT2D eigenvalue weighted by molar-refractivity contribution is 0.0690. The number of oxazole rings is 1. The molecule has 0 spiro atoms. The maximum atomic E-state index is 10.5. The molecule has 15 heavy (non-hydrogen) atoms. The molecule has 0 fully saturated rings. The van der Waals surface area contributed by atoms with E-state index in [9.17, 15) is 4.79 Å². The molecule has 0 aliphatic rings. The van der Waals surface area contributed by atoms with Gasteiger partial charge in [0.05, 0.1) is 0 Å². The first-order valence-electron chi connectivity index (χ1n) is 4.55. The maximum Gasteiger partial charge on any atom is 0.357 e. The van der Waals surface area contributed by atoms with Gasteiger partial charge in [0.15, 0.2) is 5.69 Å². The van der Waals surface area contributed by atoms with E-state index in [1.54, 1.807) is 11.8 Å². The zero-order valence-electron chi connectivity index (χ0n) is 8.69. The number of hydrogen-bond donors (Lipinski definition) is 2. The molecule has 1 aromatic rings. The molecule has 0 saturated heterocycles. The summed E-state index contributed by atoms with van der Waals surface area (Å²) in [4.78, 5) is 14.3. The predicted molar refractivity (Wildman–Crippen MR) is 59.5 cm³/mol. The van der Waals surface area contributed by atoms with Gasteiger partial charge in [0.1, 0.15) is 6.26 Å². The number of nitrogens with zero attached hydrogens (tertiary/aromatic N) is 1. The molecule has 1 atom stereocenters. The van der Waals surface area contributed by atoms with Crippen LogP contribution in [0, 0.1) is 5.92 Å². The van der Waals surface area contributed by atoms with Gasteiger partial charge in [-0.1, -0.05) is 6.92 Å². The fraction of sp³-hybridized carbons (Fsp3) is 0.556. The molecule has 2 N–H and O–H groups in total. The van der Waals surface area contributed by atoms with Crippen LogP contribution in [0.15, 0.2) is 10.7 Å². The lowest BCUT2D eigenvalue weighted by Gasteiger charge is -2.08. The van der Waals surface area contributed by atoms with Crippen molar-refractivity contribution in [1.82, 2.24) is 4.98 Å². The lowest BCUT2D eigenvalue weighted by atomic mass is 10.2. The standard InChI is InChI=1S/C9H14N2O3S/c1-6(5-15-2)3-10-9-11-7(4-14-9)8(12)13/h4,6H,3,5H2,1-2H3,(H,10,11)(H,12,13). The first-order valence-corrected chi connectivity index (χ1v) is 5.94. The summed E-state index contributed by atoms with van der Waals surface area (Å²) < 4.78 is 4.94. The molecule has 0 saturated carbocycles. The van der Waals surface area contributed by atoms with Crippen molar-refractivity contribution in [3.63, 3.8) is 0 Å². The van der Waals surface area contributed by atoms with Crippen molar-refractivity contribution in [3.05, 3.63) is 12.0 Å². The van der Waals surface area contributed by atoms with Crippen LogP contribution in [0.2, 0.25) is 0 Å². The van der Waals surface area contributed by atoms with Crippen LogP contribution in [0.1, 0.15) is 17.4 Å². The Kier molecular flexibility index (Phi) is 4.48. The number of rotatable bonds is 6. The highest BCUT2D eigenvalue weighted by molar-refractivity contribution is 7.98. The minimum absolute atomic E-state index is 0.0741. The molecule has 0 amide bonds. The number of aromatic carboxylic acids is 1. The quantitative estimate of drug-likeness (QED) is 0.776. The smallest absolute Gasteiger partial charge is 0.357 e. The van der Waals surface area contributed by atoms with Crippen molar-refractivity contribution in [3.8, 4) is 0 Å². The third-order valence-electron chi connectivity index (χ3n) is 1.78. The molecule has 84 valence electrons. The van der Waals surface area contributed by atoms with E-state index in [1.807, 2.05) is 6.26 Å². The van der Waals surface area contributed by atoms with E-state index in [0.29, 0.717) is 5.92 Å².